The number of fused-ring (bicyclic) bond motifs is 2. The summed E-state index contributed by atoms with van der Waals surface area (Å²) in [6.07, 6.45) is 4.29. The Hall–Kier alpha value is -1.69. The maximum absolute atomic E-state index is 13.5. The standard InChI is InChI=1S/C16H21F2N3O/c1-19-16(21-14-9-12-3-5-15(14)22-12)20-7-6-10-8-11(17)2-4-13(10)18/h2,4,8,12,14-15H,3,5-7,9H2,1H3,(H2,19,20,21). The number of ether oxygens (including phenoxy) is 1. The summed E-state index contributed by atoms with van der Waals surface area (Å²) in [5, 5.41) is 6.50. The molecule has 2 fully saturated rings. The van der Waals surface area contributed by atoms with Gasteiger partial charge in [-0.1, -0.05) is 0 Å². The summed E-state index contributed by atoms with van der Waals surface area (Å²) in [4.78, 5) is 4.18. The quantitative estimate of drug-likeness (QED) is 0.660. The van der Waals surface area contributed by atoms with E-state index in [2.05, 4.69) is 15.6 Å². The van der Waals surface area contributed by atoms with Crippen LogP contribution in [0.25, 0.3) is 0 Å². The molecule has 2 saturated heterocycles. The summed E-state index contributed by atoms with van der Waals surface area (Å²) in [5.41, 5.74) is 0.367. The molecule has 2 N–H and O–H groups in total. The van der Waals surface area contributed by atoms with Gasteiger partial charge in [-0.05, 0) is 49.4 Å². The van der Waals surface area contributed by atoms with Crippen molar-refractivity contribution in [1.82, 2.24) is 10.6 Å². The molecule has 0 saturated carbocycles. The lowest BCUT2D eigenvalue weighted by molar-refractivity contribution is 0.0992. The molecular formula is C16H21F2N3O. The van der Waals surface area contributed by atoms with E-state index < -0.39 is 5.82 Å². The van der Waals surface area contributed by atoms with Crippen molar-refractivity contribution in [2.24, 2.45) is 4.99 Å². The van der Waals surface area contributed by atoms with Gasteiger partial charge in [0.1, 0.15) is 11.6 Å². The third kappa shape index (κ3) is 3.38. The fourth-order valence-corrected chi connectivity index (χ4v) is 3.21. The summed E-state index contributed by atoms with van der Waals surface area (Å²) < 4.78 is 32.5. The van der Waals surface area contributed by atoms with Crippen molar-refractivity contribution >= 4 is 5.96 Å². The summed E-state index contributed by atoms with van der Waals surface area (Å²) in [6, 6.07) is 3.80. The second kappa shape index (κ2) is 6.60. The molecule has 0 amide bonds. The topological polar surface area (TPSA) is 45.7 Å². The fraction of sp³-hybridized carbons (Fsp3) is 0.562. The minimum atomic E-state index is -0.418. The largest absolute Gasteiger partial charge is 0.373 e. The van der Waals surface area contributed by atoms with E-state index >= 15 is 0 Å². The highest BCUT2D eigenvalue weighted by molar-refractivity contribution is 5.80. The van der Waals surface area contributed by atoms with Crippen LogP contribution in [0.2, 0.25) is 0 Å². The Morgan fingerprint density at radius 2 is 2.23 bits per heavy atom. The van der Waals surface area contributed by atoms with Crippen LogP contribution in [0, 0.1) is 11.6 Å². The second-order valence-corrected chi connectivity index (χ2v) is 5.85. The van der Waals surface area contributed by atoms with Crippen LogP contribution in [0.5, 0.6) is 0 Å². The van der Waals surface area contributed by atoms with E-state index in [9.17, 15) is 8.78 Å². The normalized spacial score (nSPS) is 27.2. The average molecular weight is 309 g/mol. The number of halogens is 2. The van der Waals surface area contributed by atoms with Gasteiger partial charge in [-0.15, -0.1) is 0 Å². The third-order valence-electron chi connectivity index (χ3n) is 4.35. The first kappa shape index (κ1) is 15.2. The molecule has 3 unspecified atom stereocenters. The number of rotatable bonds is 4. The Morgan fingerprint density at radius 3 is 2.91 bits per heavy atom. The second-order valence-electron chi connectivity index (χ2n) is 5.85. The molecule has 2 aliphatic heterocycles. The molecule has 0 aliphatic carbocycles. The molecule has 2 heterocycles. The lowest BCUT2D eigenvalue weighted by Gasteiger charge is -2.22. The van der Waals surface area contributed by atoms with Gasteiger partial charge in [0.2, 0.25) is 0 Å². The molecule has 2 bridgehead atoms. The Bertz CT molecular complexity index is 564. The number of aliphatic imine (C=N–C) groups is 1. The van der Waals surface area contributed by atoms with Gasteiger partial charge in [0.25, 0.3) is 0 Å². The van der Waals surface area contributed by atoms with Crippen LogP contribution in [0.4, 0.5) is 8.78 Å². The van der Waals surface area contributed by atoms with Gasteiger partial charge in [-0.2, -0.15) is 0 Å². The zero-order chi connectivity index (χ0) is 15.5. The molecule has 6 heteroatoms. The van der Waals surface area contributed by atoms with Gasteiger partial charge >= 0.3 is 0 Å². The zero-order valence-electron chi connectivity index (χ0n) is 12.6. The van der Waals surface area contributed by atoms with Crippen LogP contribution in [0.1, 0.15) is 24.8 Å². The molecule has 22 heavy (non-hydrogen) atoms. The van der Waals surface area contributed by atoms with E-state index in [4.69, 9.17) is 4.74 Å². The number of hydrogen-bond donors (Lipinski definition) is 2. The Morgan fingerprint density at radius 1 is 1.36 bits per heavy atom. The number of benzene rings is 1. The van der Waals surface area contributed by atoms with Crippen molar-refractivity contribution in [3.05, 3.63) is 35.4 Å². The molecule has 3 atom stereocenters. The number of nitrogens with zero attached hydrogens (tertiary/aromatic N) is 1. The summed E-state index contributed by atoms with van der Waals surface area (Å²) >= 11 is 0. The predicted molar refractivity (Wildman–Crippen MR) is 80.9 cm³/mol. The number of guanidine groups is 1. The summed E-state index contributed by atoms with van der Waals surface area (Å²) in [5.74, 6) is -0.122. The molecular weight excluding hydrogens is 288 g/mol. The molecule has 0 radical (unpaired) electrons. The Kier molecular flexibility index (Phi) is 4.57. The van der Waals surface area contributed by atoms with Gasteiger partial charge in [0, 0.05) is 13.6 Å². The smallest absolute Gasteiger partial charge is 0.191 e. The molecule has 120 valence electrons. The van der Waals surface area contributed by atoms with Gasteiger partial charge in [0.05, 0.1) is 18.2 Å². The monoisotopic (exact) mass is 309 g/mol. The van der Waals surface area contributed by atoms with Crippen LogP contribution in [0.15, 0.2) is 23.2 Å². The molecule has 1 aromatic carbocycles. The predicted octanol–water partition coefficient (Wildman–Crippen LogP) is 1.99. The highest BCUT2D eigenvalue weighted by Gasteiger charge is 2.41. The Labute approximate surface area is 129 Å². The highest BCUT2D eigenvalue weighted by atomic mass is 19.1. The Balaban J connectivity index is 1.48. The first-order valence-corrected chi connectivity index (χ1v) is 7.72. The maximum atomic E-state index is 13.5. The summed E-state index contributed by atoms with van der Waals surface area (Å²) in [7, 11) is 1.70. The summed E-state index contributed by atoms with van der Waals surface area (Å²) in [6.45, 7) is 0.488. The van der Waals surface area contributed by atoms with Crippen molar-refractivity contribution in [1.29, 1.82) is 0 Å². The molecule has 4 nitrogen and oxygen atoms in total. The molecule has 1 aromatic rings. The minimum absolute atomic E-state index is 0.268. The maximum Gasteiger partial charge on any atom is 0.191 e. The molecule has 0 spiro atoms. The third-order valence-corrected chi connectivity index (χ3v) is 4.35. The highest BCUT2D eigenvalue weighted by Crippen LogP contribution is 2.34. The van der Waals surface area contributed by atoms with E-state index in [1.54, 1.807) is 7.05 Å². The van der Waals surface area contributed by atoms with Gasteiger partial charge < -0.3 is 15.4 Å². The first-order chi connectivity index (χ1) is 10.7. The molecule has 3 rings (SSSR count). The van der Waals surface area contributed by atoms with Gasteiger partial charge in [-0.25, -0.2) is 8.78 Å². The lowest BCUT2D eigenvalue weighted by Crippen LogP contribution is -2.47. The van der Waals surface area contributed by atoms with E-state index in [-0.39, 0.29) is 18.0 Å². The van der Waals surface area contributed by atoms with E-state index in [0.29, 0.717) is 30.6 Å². The minimum Gasteiger partial charge on any atom is -0.373 e. The van der Waals surface area contributed by atoms with Crippen LogP contribution >= 0.6 is 0 Å². The van der Waals surface area contributed by atoms with Crippen LogP contribution in [0.3, 0.4) is 0 Å². The SMILES string of the molecule is CN=C(NCCc1cc(F)ccc1F)NC1CC2CCC1O2. The molecule has 2 aliphatic rings. The van der Waals surface area contributed by atoms with Gasteiger partial charge in [-0.3, -0.25) is 4.99 Å². The zero-order valence-corrected chi connectivity index (χ0v) is 12.6. The van der Waals surface area contributed by atoms with Crippen molar-refractivity contribution in [2.45, 2.75) is 43.9 Å². The van der Waals surface area contributed by atoms with Crippen LogP contribution in [-0.4, -0.2) is 37.8 Å². The fourth-order valence-electron chi connectivity index (χ4n) is 3.21. The van der Waals surface area contributed by atoms with Crippen LogP contribution in [-0.2, 0) is 11.2 Å². The van der Waals surface area contributed by atoms with E-state index in [1.165, 1.54) is 6.07 Å². The number of hydrogen-bond acceptors (Lipinski definition) is 2. The molecule has 0 aromatic heterocycles. The van der Waals surface area contributed by atoms with Crippen molar-refractivity contribution in [2.75, 3.05) is 13.6 Å². The van der Waals surface area contributed by atoms with E-state index in [1.807, 2.05) is 0 Å². The number of nitrogens with one attached hydrogen (secondary N) is 2. The van der Waals surface area contributed by atoms with Crippen molar-refractivity contribution < 1.29 is 13.5 Å². The van der Waals surface area contributed by atoms with Crippen molar-refractivity contribution in [3.63, 3.8) is 0 Å². The first-order valence-electron chi connectivity index (χ1n) is 7.72. The van der Waals surface area contributed by atoms with Crippen molar-refractivity contribution in [3.8, 4) is 0 Å². The van der Waals surface area contributed by atoms with Gasteiger partial charge in [0.15, 0.2) is 5.96 Å². The van der Waals surface area contributed by atoms with Crippen LogP contribution < -0.4 is 10.6 Å². The lowest BCUT2D eigenvalue weighted by atomic mass is 9.96. The average Bonchev–Trinajstić information content (AvgIpc) is 3.12. The van der Waals surface area contributed by atoms with E-state index in [0.717, 1.165) is 31.4 Å².